The number of amides is 2. The topological polar surface area (TPSA) is 96.0 Å². The highest BCUT2D eigenvalue weighted by Crippen LogP contribution is 2.30. The minimum Gasteiger partial charge on any atom is -0.492 e. The zero-order valence-corrected chi connectivity index (χ0v) is 23.9. The van der Waals surface area contributed by atoms with Crippen molar-refractivity contribution in [2.75, 3.05) is 30.3 Å². The molecule has 8 nitrogen and oxygen atoms in total. The quantitative estimate of drug-likeness (QED) is 0.330. The number of para-hydroxylation sites is 2. The molecule has 0 aromatic heterocycles. The van der Waals surface area contributed by atoms with Crippen molar-refractivity contribution in [3.8, 4) is 5.75 Å². The second-order valence-corrected chi connectivity index (χ2v) is 11.3. The van der Waals surface area contributed by atoms with Gasteiger partial charge >= 0.3 is 0 Å². The predicted octanol–water partition coefficient (Wildman–Crippen LogP) is 4.28. The number of nitrogens with one attached hydrogen (secondary N) is 1. The number of ether oxygens (including phenoxy) is 1. The Balaban J connectivity index is 2.05. The molecule has 3 aromatic rings. The molecule has 10 heteroatoms. The van der Waals surface area contributed by atoms with Crippen LogP contribution in [0.1, 0.15) is 25.0 Å². The van der Waals surface area contributed by atoms with E-state index in [2.05, 4.69) is 5.32 Å². The number of halogens is 1. The van der Waals surface area contributed by atoms with Crippen LogP contribution >= 0.6 is 11.6 Å². The average Bonchev–Trinajstić information content (AvgIpc) is 2.91. The maximum Gasteiger partial charge on any atom is 0.244 e. The number of likely N-dealkylation sites (N-methyl/N-ethyl adjacent to an activating group) is 1. The van der Waals surface area contributed by atoms with Gasteiger partial charge in [-0.3, -0.25) is 13.9 Å². The smallest absolute Gasteiger partial charge is 0.244 e. The van der Waals surface area contributed by atoms with Gasteiger partial charge in [0.15, 0.2) is 0 Å². The second kappa shape index (κ2) is 14.0. The molecule has 0 aliphatic heterocycles. The van der Waals surface area contributed by atoms with Gasteiger partial charge in [-0.05, 0) is 49.2 Å². The molecule has 0 fully saturated rings. The summed E-state index contributed by atoms with van der Waals surface area (Å²) in [6.07, 6.45) is 1.29. The van der Waals surface area contributed by atoms with Crippen LogP contribution in [0.15, 0.2) is 78.9 Å². The number of benzene rings is 3. The first-order valence-corrected chi connectivity index (χ1v) is 14.9. The predicted molar refractivity (Wildman–Crippen MR) is 154 cm³/mol. The van der Waals surface area contributed by atoms with Crippen LogP contribution in [0.5, 0.6) is 5.75 Å². The molecule has 3 aromatic carbocycles. The van der Waals surface area contributed by atoms with E-state index in [0.29, 0.717) is 23.9 Å². The largest absolute Gasteiger partial charge is 0.492 e. The fourth-order valence-corrected chi connectivity index (χ4v) is 5.15. The summed E-state index contributed by atoms with van der Waals surface area (Å²) >= 11 is 6.07. The van der Waals surface area contributed by atoms with E-state index in [1.54, 1.807) is 62.4 Å². The normalized spacial score (nSPS) is 11.9. The summed E-state index contributed by atoms with van der Waals surface area (Å²) in [5.41, 5.74) is 1.86. The molecule has 2 amide bonds. The molecule has 0 saturated carbocycles. The summed E-state index contributed by atoms with van der Waals surface area (Å²) in [6.45, 7) is 3.86. The molecule has 0 unspecified atom stereocenters. The highest BCUT2D eigenvalue weighted by molar-refractivity contribution is 7.92. The number of sulfonamides is 1. The van der Waals surface area contributed by atoms with E-state index in [1.807, 2.05) is 30.3 Å². The number of carbonyl (C=O) groups is 2. The van der Waals surface area contributed by atoms with E-state index in [9.17, 15) is 18.0 Å². The Labute approximate surface area is 235 Å². The fraction of sp³-hybridized carbons (Fsp3) is 0.310. The van der Waals surface area contributed by atoms with Crippen molar-refractivity contribution in [3.63, 3.8) is 0 Å². The second-order valence-electron chi connectivity index (χ2n) is 8.92. The molecule has 0 heterocycles. The average molecular weight is 572 g/mol. The van der Waals surface area contributed by atoms with Crippen LogP contribution in [0.2, 0.25) is 5.02 Å². The van der Waals surface area contributed by atoms with Crippen molar-refractivity contribution in [1.29, 1.82) is 0 Å². The molecule has 0 radical (unpaired) electrons. The zero-order chi connectivity index (χ0) is 28.4. The lowest BCUT2D eigenvalue weighted by Gasteiger charge is -2.33. The van der Waals surface area contributed by atoms with Gasteiger partial charge < -0.3 is 15.0 Å². The third-order valence-electron chi connectivity index (χ3n) is 6.00. The standard InChI is InChI=1S/C29H34ClN3O5S/c1-4-31-29(35)26(19-22-11-7-6-8-12-22)32(20-23-15-17-24(30)18-16-23)28(34)21-33(39(3,36)37)25-13-9-10-14-27(25)38-5-2/h6-18,26H,4-5,19-21H2,1-3H3,(H,31,35)/t26-/m0/s1. The number of hydrogen-bond donors (Lipinski definition) is 1. The van der Waals surface area contributed by atoms with E-state index in [1.165, 1.54) is 4.90 Å². The molecule has 208 valence electrons. The molecule has 1 N–H and O–H groups in total. The molecule has 0 spiro atoms. The fourth-order valence-electron chi connectivity index (χ4n) is 4.17. The van der Waals surface area contributed by atoms with Crippen molar-refractivity contribution in [2.45, 2.75) is 32.9 Å². The monoisotopic (exact) mass is 571 g/mol. The highest BCUT2D eigenvalue weighted by Gasteiger charge is 2.33. The van der Waals surface area contributed by atoms with Gasteiger partial charge in [0.1, 0.15) is 18.3 Å². The Morgan fingerprint density at radius 1 is 0.923 bits per heavy atom. The maximum absolute atomic E-state index is 14.0. The molecule has 0 aliphatic rings. The summed E-state index contributed by atoms with van der Waals surface area (Å²) < 4.78 is 32.6. The SMILES string of the molecule is CCNC(=O)[C@H](Cc1ccccc1)N(Cc1ccc(Cl)cc1)C(=O)CN(c1ccccc1OCC)S(C)(=O)=O. The summed E-state index contributed by atoms with van der Waals surface area (Å²) in [6, 6.07) is 22.1. The van der Waals surface area contributed by atoms with E-state index < -0.39 is 28.5 Å². The maximum atomic E-state index is 14.0. The van der Waals surface area contributed by atoms with Crippen molar-refractivity contribution in [2.24, 2.45) is 0 Å². The van der Waals surface area contributed by atoms with Gasteiger partial charge in [-0.25, -0.2) is 8.42 Å². The van der Waals surface area contributed by atoms with Crippen molar-refractivity contribution < 1.29 is 22.7 Å². The Bertz CT molecular complexity index is 1350. The van der Waals surface area contributed by atoms with E-state index >= 15 is 0 Å². The number of anilines is 1. The summed E-state index contributed by atoms with van der Waals surface area (Å²) in [7, 11) is -3.89. The first kappa shape index (κ1) is 30.0. The minimum atomic E-state index is -3.89. The molecule has 1 atom stereocenters. The first-order valence-electron chi connectivity index (χ1n) is 12.7. The lowest BCUT2D eigenvalue weighted by molar-refractivity contribution is -0.140. The summed E-state index contributed by atoms with van der Waals surface area (Å²) in [4.78, 5) is 28.8. The minimum absolute atomic E-state index is 0.0787. The number of hydrogen-bond acceptors (Lipinski definition) is 5. The molecule has 0 bridgehead atoms. The summed E-state index contributed by atoms with van der Waals surface area (Å²) in [5.74, 6) is -0.523. The third-order valence-corrected chi connectivity index (χ3v) is 7.38. The Hall–Kier alpha value is -3.56. The van der Waals surface area contributed by atoms with Crippen molar-refractivity contribution in [3.05, 3.63) is 95.0 Å². The van der Waals surface area contributed by atoms with E-state index in [-0.39, 0.29) is 24.6 Å². The lowest BCUT2D eigenvalue weighted by atomic mass is 10.0. The van der Waals surface area contributed by atoms with Crippen LogP contribution in [0.25, 0.3) is 0 Å². The van der Waals surface area contributed by atoms with Gasteiger partial charge in [0.2, 0.25) is 21.8 Å². The van der Waals surface area contributed by atoms with Crippen LogP contribution < -0.4 is 14.4 Å². The highest BCUT2D eigenvalue weighted by atomic mass is 35.5. The van der Waals surface area contributed by atoms with Gasteiger partial charge in [-0.2, -0.15) is 0 Å². The molecule has 39 heavy (non-hydrogen) atoms. The number of rotatable bonds is 13. The van der Waals surface area contributed by atoms with Gasteiger partial charge in [0.05, 0.1) is 18.6 Å². The molecular formula is C29H34ClN3O5S. The molecule has 0 aliphatic carbocycles. The van der Waals surface area contributed by atoms with Gasteiger partial charge in [-0.15, -0.1) is 0 Å². The zero-order valence-electron chi connectivity index (χ0n) is 22.3. The van der Waals surface area contributed by atoms with Crippen LogP contribution in [-0.4, -0.2) is 57.1 Å². The van der Waals surface area contributed by atoms with Gasteiger partial charge in [-0.1, -0.05) is 66.2 Å². The molecular weight excluding hydrogens is 538 g/mol. The van der Waals surface area contributed by atoms with E-state index in [4.69, 9.17) is 16.3 Å². The van der Waals surface area contributed by atoms with Crippen LogP contribution in [0.4, 0.5) is 5.69 Å². The van der Waals surface area contributed by atoms with Crippen LogP contribution in [-0.2, 0) is 32.6 Å². The van der Waals surface area contributed by atoms with Gasteiger partial charge in [0, 0.05) is 24.5 Å². The van der Waals surface area contributed by atoms with Crippen LogP contribution in [0.3, 0.4) is 0 Å². The van der Waals surface area contributed by atoms with Crippen molar-refractivity contribution >= 4 is 39.1 Å². The number of carbonyl (C=O) groups excluding carboxylic acids is 2. The summed E-state index contributed by atoms with van der Waals surface area (Å²) in [5, 5.41) is 3.37. The van der Waals surface area contributed by atoms with E-state index in [0.717, 1.165) is 21.7 Å². The molecule has 3 rings (SSSR count). The molecule has 0 saturated heterocycles. The first-order chi connectivity index (χ1) is 18.6. The third kappa shape index (κ3) is 8.46. The van der Waals surface area contributed by atoms with Crippen LogP contribution in [0, 0.1) is 0 Å². The Morgan fingerprint density at radius 2 is 1.56 bits per heavy atom. The van der Waals surface area contributed by atoms with Crippen molar-refractivity contribution in [1.82, 2.24) is 10.2 Å². The number of nitrogens with zero attached hydrogens (tertiary/aromatic N) is 2. The lowest BCUT2D eigenvalue weighted by Crippen LogP contribution is -2.53. The Morgan fingerprint density at radius 3 is 2.18 bits per heavy atom. The Kier molecular flexibility index (Phi) is 10.8. The van der Waals surface area contributed by atoms with Gasteiger partial charge in [0.25, 0.3) is 0 Å².